The molecule has 1 atom stereocenters. The first-order chi connectivity index (χ1) is 14.8. The Morgan fingerprint density at radius 1 is 1.10 bits per heavy atom. The van der Waals surface area contributed by atoms with Crippen LogP contribution in [0.4, 0.5) is 4.39 Å². The van der Waals surface area contributed by atoms with Gasteiger partial charge in [-0.15, -0.1) is 0 Å². The van der Waals surface area contributed by atoms with Gasteiger partial charge < -0.3 is 10.2 Å². The molecule has 31 heavy (non-hydrogen) atoms. The molecule has 166 valence electrons. The number of nitrogens with zero attached hydrogens (tertiary/aromatic N) is 1. The summed E-state index contributed by atoms with van der Waals surface area (Å²) in [5, 5.41) is 3.92. The van der Waals surface area contributed by atoms with Gasteiger partial charge in [0, 0.05) is 28.2 Å². The van der Waals surface area contributed by atoms with Gasteiger partial charge in [0.1, 0.15) is 11.9 Å². The molecule has 7 heteroatoms. The molecule has 1 saturated carbocycles. The minimum atomic E-state index is -0.750. The highest BCUT2D eigenvalue weighted by atomic mass is 35.5. The van der Waals surface area contributed by atoms with Crippen molar-refractivity contribution in [2.45, 2.75) is 64.1 Å². The average Bonchev–Trinajstić information content (AvgIpc) is 2.75. The van der Waals surface area contributed by atoms with E-state index >= 15 is 0 Å². The van der Waals surface area contributed by atoms with E-state index in [9.17, 15) is 14.0 Å². The number of hydrogen-bond acceptors (Lipinski definition) is 2. The maximum absolute atomic E-state index is 14.3. The SMILES string of the molecule is C[C@@H](C(=O)NC1CCCCC1)N(Cc1ccccc1F)C(=O)Cc1ccc(Cl)cc1Cl. The lowest BCUT2D eigenvalue weighted by atomic mass is 9.95. The third-order valence-corrected chi connectivity index (χ3v) is 6.36. The van der Waals surface area contributed by atoms with Gasteiger partial charge in [0.2, 0.25) is 11.8 Å². The Kier molecular flexibility index (Phi) is 8.33. The van der Waals surface area contributed by atoms with Crippen LogP contribution in [0.2, 0.25) is 10.0 Å². The molecule has 0 aliphatic heterocycles. The quantitative estimate of drug-likeness (QED) is 0.584. The Hall–Kier alpha value is -2.11. The van der Waals surface area contributed by atoms with Crippen molar-refractivity contribution >= 4 is 35.0 Å². The monoisotopic (exact) mass is 464 g/mol. The summed E-state index contributed by atoms with van der Waals surface area (Å²) in [5.74, 6) is -0.942. The van der Waals surface area contributed by atoms with Crippen molar-refractivity contribution < 1.29 is 14.0 Å². The topological polar surface area (TPSA) is 49.4 Å². The highest BCUT2D eigenvalue weighted by Crippen LogP contribution is 2.23. The molecule has 0 bridgehead atoms. The lowest BCUT2D eigenvalue weighted by Gasteiger charge is -2.31. The summed E-state index contributed by atoms with van der Waals surface area (Å²) in [7, 11) is 0. The van der Waals surface area contributed by atoms with Crippen LogP contribution in [0.15, 0.2) is 42.5 Å². The van der Waals surface area contributed by atoms with Gasteiger partial charge >= 0.3 is 0 Å². The molecular formula is C24H27Cl2FN2O2. The van der Waals surface area contributed by atoms with Gasteiger partial charge in [-0.1, -0.05) is 66.7 Å². The van der Waals surface area contributed by atoms with Crippen LogP contribution in [0, 0.1) is 5.82 Å². The first-order valence-corrected chi connectivity index (χ1v) is 11.4. The van der Waals surface area contributed by atoms with Crippen LogP contribution in [0.3, 0.4) is 0 Å². The summed E-state index contributed by atoms with van der Waals surface area (Å²) in [6.07, 6.45) is 5.24. The zero-order valence-corrected chi connectivity index (χ0v) is 19.1. The highest BCUT2D eigenvalue weighted by molar-refractivity contribution is 6.35. The molecule has 1 fully saturated rings. The van der Waals surface area contributed by atoms with Crippen LogP contribution >= 0.6 is 23.2 Å². The Morgan fingerprint density at radius 3 is 2.48 bits per heavy atom. The van der Waals surface area contributed by atoms with E-state index in [0.717, 1.165) is 25.7 Å². The van der Waals surface area contributed by atoms with Crippen LogP contribution < -0.4 is 5.32 Å². The number of halogens is 3. The molecule has 1 aliphatic carbocycles. The summed E-state index contributed by atoms with van der Waals surface area (Å²) in [5.41, 5.74) is 0.963. The summed E-state index contributed by atoms with van der Waals surface area (Å²) < 4.78 is 14.3. The van der Waals surface area contributed by atoms with Crippen LogP contribution in [-0.4, -0.2) is 28.8 Å². The second-order valence-electron chi connectivity index (χ2n) is 8.05. The predicted molar refractivity (Wildman–Crippen MR) is 122 cm³/mol. The first-order valence-electron chi connectivity index (χ1n) is 10.6. The number of amides is 2. The molecule has 0 heterocycles. The molecular weight excluding hydrogens is 438 g/mol. The fourth-order valence-electron chi connectivity index (χ4n) is 3.89. The lowest BCUT2D eigenvalue weighted by Crippen LogP contribution is -2.50. The van der Waals surface area contributed by atoms with Crippen molar-refractivity contribution in [3.8, 4) is 0 Å². The molecule has 0 spiro atoms. The highest BCUT2D eigenvalue weighted by Gasteiger charge is 2.29. The maximum atomic E-state index is 14.3. The van der Waals surface area contributed by atoms with E-state index in [1.165, 1.54) is 17.4 Å². The zero-order chi connectivity index (χ0) is 22.4. The minimum absolute atomic E-state index is 0.00400. The second-order valence-corrected chi connectivity index (χ2v) is 8.89. The van der Waals surface area contributed by atoms with Crippen LogP contribution in [-0.2, 0) is 22.6 Å². The van der Waals surface area contributed by atoms with Gasteiger partial charge in [0.25, 0.3) is 0 Å². The molecule has 2 aromatic rings. The molecule has 1 N–H and O–H groups in total. The van der Waals surface area contributed by atoms with Gasteiger partial charge in [0.15, 0.2) is 0 Å². The molecule has 2 amide bonds. The standard InChI is InChI=1S/C24H27Cl2FN2O2/c1-16(24(31)28-20-8-3-2-4-9-20)29(15-18-7-5-6-10-22(18)27)23(30)13-17-11-12-19(25)14-21(17)26/h5-7,10-12,14,16,20H,2-4,8-9,13,15H2,1H3,(H,28,31)/t16-/m0/s1. The molecule has 3 rings (SSSR count). The summed E-state index contributed by atoms with van der Waals surface area (Å²) in [6, 6.07) is 10.6. The normalized spacial score (nSPS) is 15.4. The van der Waals surface area contributed by atoms with E-state index in [-0.39, 0.29) is 30.8 Å². The average molecular weight is 465 g/mol. The van der Waals surface area contributed by atoms with Crippen molar-refractivity contribution in [3.05, 3.63) is 69.5 Å². The predicted octanol–water partition coefficient (Wildman–Crippen LogP) is 5.54. The lowest BCUT2D eigenvalue weighted by molar-refractivity contribution is -0.140. The van der Waals surface area contributed by atoms with E-state index in [1.807, 2.05) is 0 Å². The zero-order valence-electron chi connectivity index (χ0n) is 17.5. The number of rotatable bonds is 7. The van der Waals surface area contributed by atoms with Gasteiger partial charge in [-0.05, 0) is 43.5 Å². The van der Waals surface area contributed by atoms with Crippen molar-refractivity contribution in [3.63, 3.8) is 0 Å². The summed E-state index contributed by atoms with van der Waals surface area (Å²) >= 11 is 12.2. The van der Waals surface area contributed by atoms with E-state index in [1.54, 1.807) is 43.3 Å². The minimum Gasteiger partial charge on any atom is -0.352 e. The first kappa shape index (κ1) is 23.6. The Morgan fingerprint density at radius 2 is 1.81 bits per heavy atom. The number of nitrogens with one attached hydrogen (secondary N) is 1. The van der Waals surface area contributed by atoms with E-state index in [4.69, 9.17) is 23.2 Å². The molecule has 0 saturated heterocycles. The number of carbonyl (C=O) groups excluding carboxylic acids is 2. The van der Waals surface area contributed by atoms with E-state index in [2.05, 4.69) is 5.32 Å². The Balaban J connectivity index is 1.79. The van der Waals surface area contributed by atoms with Crippen LogP contribution in [0.5, 0.6) is 0 Å². The Bertz CT molecular complexity index is 932. The smallest absolute Gasteiger partial charge is 0.242 e. The van der Waals surface area contributed by atoms with E-state index in [0.29, 0.717) is 21.2 Å². The van der Waals surface area contributed by atoms with E-state index < -0.39 is 11.9 Å². The molecule has 2 aromatic carbocycles. The molecule has 1 aliphatic rings. The summed E-state index contributed by atoms with van der Waals surface area (Å²) in [6.45, 7) is 1.68. The molecule has 4 nitrogen and oxygen atoms in total. The van der Waals surface area contributed by atoms with Gasteiger partial charge in [0.05, 0.1) is 6.42 Å². The van der Waals surface area contributed by atoms with Crippen molar-refractivity contribution in [2.75, 3.05) is 0 Å². The largest absolute Gasteiger partial charge is 0.352 e. The number of hydrogen-bond donors (Lipinski definition) is 1. The fourth-order valence-corrected chi connectivity index (χ4v) is 4.37. The second kappa shape index (κ2) is 11.0. The third-order valence-electron chi connectivity index (χ3n) is 5.77. The molecule has 0 radical (unpaired) electrons. The third kappa shape index (κ3) is 6.44. The molecule has 0 unspecified atom stereocenters. The van der Waals surface area contributed by atoms with Crippen molar-refractivity contribution in [2.24, 2.45) is 0 Å². The number of benzene rings is 2. The Labute approximate surface area is 192 Å². The van der Waals surface area contributed by atoms with Gasteiger partial charge in [-0.3, -0.25) is 9.59 Å². The van der Waals surface area contributed by atoms with Crippen LogP contribution in [0.1, 0.15) is 50.2 Å². The van der Waals surface area contributed by atoms with Gasteiger partial charge in [-0.2, -0.15) is 0 Å². The van der Waals surface area contributed by atoms with Crippen molar-refractivity contribution in [1.29, 1.82) is 0 Å². The summed E-state index contributed by atoms with van der Waals surface area (Å²) in [4.78, 5) is 27.6. The van der Waals surface area contributed by atoms with Crippen LogP contribution in [0.25, 0.3) is 0 Å². The fraction of sp³-hybridized carbons (Fsp3) is 0.417. The van der Waals surface area contributed by atoms with Crippen molar-refractivity contribution in [1.82, 2.24) is 10.2 Å². The van der Waals surface area contributed by atoms with Gasteiger partial charge in [-0.25, -0.2) is 4.39 Å². The maximum Gasteiger partial charge on any atom is 0.242 e. The number of carbonyl (C=O) groups is 2. The molecule has 0 aromatic heterocycles.